The number of ether oxygens (including phenoxy) is 2. The first-order chi connectivity index (χ1) is 20.5. The highest BCUT2D eigenvalue weighted by Gasteiger charge is 2.39. The van der Waals surface area contributed by atoms with Gasteiger partial charge in [0.05, 0.1) is 18.6 Å². The fourth-order valence-electron chi connectivity index (χ4n) is 4.72. The normalized spacial score (nSPS) is 18.7. The summed E-state index contributed by atoms with van der Waals surface area (Å²) in [6.45, 7) is 7.93. The molecule has 2 N–H and O–H groups in total. The van der Waals surface area contributed by atoms with Crippen molar-refractivity contribution in [2.24, 2.45) is 5.92 Å². The van der Waals surface area contributed by atoms with E-state index in [0.717, 1.165) is 25.0 Å². The van der Waals surface area contributed by atoms with Crippen molar-refractivity contribution in [1.82, 2.24) is 9.88 Å². The van der Waals surface area contributed by atoms with Gasteiger partial charge in [0.25, 0.3) is 0 Å². The third-order valence-electron chi connectivity index (χ3n) is 7.52. The van der Waals surface area contributed by atoms with E-state index in [1.165, 1.54) is 6.08 Å². The van der Waals surface area contributed by atoms with Crippen molar-refractivity contribution < 1.29 is 33.7 Å². The second-order valence-corrected chi connectivity index (χ2v) is 11.1. The van der Waals surface area contributed by atoms with E-state index in [2.05, 4.69) is 23.2 Å². The van der Waals surface area contributed by atoms with Gasteiger partial charge in [-0.25, -0.2) is 9.78 Å². The molecule has 3 rings (SSSR count). The van der Waals surface area contributed by atoms with Gasteiger partial charge in [0, 0.05) is 37.1 Å². The lowest BCUT2D eigenvalue weighted by atomic mass is 9.86. The molecular formula is C34H44N2O7. The van der Waals surface area contributed by atoms with Gasteiger partial charge < -0.3 is 29.0 Å². The van der Waals surface area contributed by atoms with Gasteiger partial charge in [-0.2, -0.15) is 0 Å². The Balaban J connectivity index is 1.41. The lowest BCUT2D eigenvalue weighted by Gasteiger charge is -2.33. The van der Waals surface area contributed by atoms with Gasteiger partial charge in [0.1, 0.15) is 29.8 Å². The molecule has 4 atom stereocenters. The fourth-order valence-corrected chi connectivity index (χ4v) is 4.72. The van der Waals surface area contributed by atoms with E-state index in [1.54, 1.807) is 51.3 Å². The monoisotopic (exact) mass is 592 g/mol. The van der Waals surface area contributed by atoms with E-state index in [4.69, 9.17) is 13.9 Å². The number of allylic oxidation sites excluding steroid dienone is 6. The first kappa shape index (κ1) is 33.4. The van der Waals surface area contributed by atoms with Gasteiger partial charge in [0.15, 0.2) is 5.89 Å². The molecule has 1 aromatic carbocycles. The van der Waals surface area contributed by atoms with Crippen LogP contribution in [0.3, 0.4) is 0 Å². The molecule has 1 aromatic heterocycles. The number of oxazole rings is 1. The topological polar surface area (TPSA) is 122 Å². The molecule has 2 heterocycles. The number of phenols is 1. The van der Waals surface area contributed by atoms with E-state index < -0.39 is 18.2 Å². The predicted octanol–water partition coefficient (Wildman–Crippen LogP) is 6.09. The van der Waals surface area contributed by atoms with Crippen LogP contribution in [0.2, 0.25) is 0 Å². The first-order valence-corrected chi connectivity index (χ1v) is 14.6. The lowest BCUT2D eigenvalue weighted by Crippen LogP contribution is -2.37. The average Bonchev–Trinajstić information content (AvgIpc) is 3.45. The molecule has 9 heteroatoms. The van der Waals surface area contributed by atoms with E-state index in [9.17, 15) is 19.8 Å². The number of nitrogens with zero attached hydrogens (tertiary/aromatic N) is 2. The average molecular weight is 593 g/mol. The number of fused-ring (bicyclic) bond motifs is 1. The number of hydrogen-bond donors (Lipinski definition) is 2. The van der Waals surface area contributed by atoms with E-state index in [-0.39, 0.29) is 29.1 Å². The van der Waals surface area contributed by atoms with Gasteiger partial charge in [-0.05, 0) is 45.1 Å². The van der Waals surface area contributed by atoms with Crippen LogP contribution in [-0.4, -0.2) is 58.8 Å². The highest BCUT2D eigenvalue weighted by Crippen LogP contribution is 2.39. The van der Waals surface area contributed by atoms with Crippen LogP contribution in [0, 0.1) is 12.8 Å². The maximum atomic E-state index is 12.6. The second-order valence-electron chi connectivity index (χ2n) is 11.1. The van der Waals surface area contributed by atoms with Crippen LogP contribution in [-0.2, 0) is 20.7 Å². The van der Waals surface area contributed by atoms with Gasteiger partial charge >= 0.3 is 5.97 Å². The highest BCUT2D eigenvalue weighted by molar-refractivity contribution is 5.96. The Hall–Kier alpha value is -4.11. The number of likely N-dealkylation sites (N-methyl/N-ethyl adjacent to an activating group) is 1. The molecular weight excluding hydrogens is 548 g/mol. The van der Waals surface area contributed by atoms with Crippen molar-refractivity contribution in [2.45, 2.75) is 71.5 Å². The number of aromatic hydroxyl groups is 1. The van der Waals surface area contributed by atoms with Crippen LogP contribution in [0.4, 0.5) is 0 Å². The lowest BCUT2D eigenvalue weighted by molar-refractivity contribution is -0.124. The first-order valence-electron chi connectivity index (χ1n) is 14.6. The van der Waals surface area contributed by atoms with Crippen LogP contribution in [0.25, 0.3) is 0 Å². The van der Waals surface area contributed by atoms with Gasteiger partial charge in [-0.15, -0.1) is 0 Å². The summed E-state index contributed by atoms with van der Waals surface area (Å²) in [5.74, 6) is 0.192. The molecule has 0 spiro atoms. The van der Waals surface area contributed by atoms with Crippen molar-refractivity contribution in [3.63, 3.8) is 0 Å². The number of aryl methyl sites for hydroxylation is 1. The molecule has 1 amide bonds. The fraction of sp³-hybridized carbons (Fsp3) is 0.441. The molecule has 9 nitrogen and oxygen atoms in total. The Kier molecular flexibility index (Phi) is 12.4. The Bertz CT molecular complexity index is 1370. The minimum Gasteiger partial charge on any atom is -0.507 e. The Morgan fingerprint density at radius 2 is 1.88 bits per heavy atom. The molecule has 0 aliphatic carbocycles. The number of aromatic nitrogens is 1. The SMILES string of the molecule is COC(C)=CC(=O)N(C)CC=CCCC=CC=CC[C@H](C)c1nc(C[C@H](C)[C@@H]2OC(=O)c3c(ccc(C)c3O)[C@H]2O)co1. The van der Waals surface area contributed by atoms with Gasteiger partial charge in [-0.3, -0.25) is 4.79 Å². The summed E-state index contributed by atoms with van der Waals surface area (Å²) in [7, 11) is 3.30. The number of hydrogen-bond acceptors (Lipinski definition) is 8. The standard InChI is InChI=1S/C34H44N2O7/c1-22-16-17-27-29(30(22)38)34(40)43-32(31(27)39)24(3)19-26-21-42-33(35-26)23(2)15-13-11-9-7-8-10-12-14-18-36(5)28(37)20-25(4)41-6/h7,9,11-14,16-17,20-21,23-24,31-32,38-39H,8,10,15,18-19H2,1-6H3/t23-,24-,31+,32-/m0/s1. The minimum absolute atomic E-state index is 0.0353. The van der Waals surface area contributed by atoms with E-state index >= 15 is 0 Å². The smallest absolute Gasteiger partial charge is 0.342 e. The van der Waals surface area contributed by atoms with E-state index in [1.807, 2.05) is 32.1 Å². The number of benzene rings is 1. The Morgan fingerprint density at radius 1 is 1.16 bits per heavy atom. The summed E-state index contributed by atoms with van der Waals surface area (Å²) >= 11 is 0. The van der Waals surface area contributed by atoms with Crippen molar-refractivity contribution in [1.29, 1.82) is 0 Å². The summed E-state index contributed by atoms with van der Waals surface area (Å²) in [5, 5.41) is 21.2. The van der Waals surface area contributed by atoms with Crippen molar-refractivity contribution in [2.75, 3.05) is 20.7 Å². The van der Waals surface area contributed by atoms with Crippen LogP contribution in [0.1, 0.15) is 85.1 Å². The molecule has 0 saturated heterocycles. The zero-order valence-electron chi connectivity index (χ0n) is 25.9. The third-order valence-corrected chi connectivity index (χ3v) is 7.52. The zero-order valence-corrected chi connectivity index (χ0v) is 25.9. The molecule has 1 aliphatic heterocycles. The number of aliphatic hydroxyl groups excluding tert-OH is 1. The van der Waals surface area contributed by atoms with Crippen molar-refractivity contribution in [3.05, 3.63) is 95.0 Å². The van der Waals surface area contributed by atoms with Gasteiger partial charge in [-0.1, -0.05) is 62.4 Å². The Morgan fingerprint density at radius 3 is 2.63 bits per heavy atom. The number of unbranched alkanes of at least 4 members (excludes halogenated alkanes) is 1. The molecule has 2 aromatic rings. The number of esters is 1. The highest BCUT2D eigenvalue weighted by atomic mass is 16.6. The number of carbonyl (C=O) groups is 2. The number of rotatable bonds is 14. The molecule has 0 radical (unpaired) electrons. The van der Waals surface area contributed by atoms with E-state index in [0.29, 0.717) is 35.7 Å². The predicted molar refractivity (Wildman–Crippen MR) is 164 cm³/mol. The largest absolute Gasteiger partial charge is 0.507 e. The van der Waals surface area contributed by atoms with Crippen LogP contribution < -0.4 is 0 Å². The number of methoxy groups -OCH3 is 1. The minimum atomic E-state index is -1.04. The number of aliphatic hydroxyl groups is 1. The van der Waals surface area contributed by atoms with Crippen LogP contribution in [0.5, 0.6) is 5.75 Å². The molecule has 232 valence electrons. The summed E-state index contributed by atoms with van der Waals surface area (Å²) < 4.78 is 16.3. The molecule has 0 unspecified atom stereocenters. The maximum absolute atomic E-state index is 12.6. The summed E-state index contributed by atoms with van der Waals surface area (Å²) in [6, 6.07) is 3.35. The quantitative estimate of drug-likeness (QED) is 0.0675. The van der Waals surface area contributed by atoms with Crippen molar-refractivity contribution in [3.8, 4) is 5.75 Å². The molecule has 0 fully saturated rings. The molecule has 43 heavy (non-hydrogen) atoms. The number of carbonyl (C=O) groups excluding carboxylic acids is 2. The van der Waals surface area contributed by atoms with Crippen LogP contribution >= 0.6 is 0 Å². The molecule has 0 saturated carbocycles. The van der Waals surface area contributed by atoms with Gasteiger partial charge in [0.2, 0.25) is 5.91 Å². The summed E-state index contributed by atoms with van der Waals surface area (Å²) in [5.41, 5.74) is 1.69. The third kappa shape index (κ3) is 9.19. The summed E-state index contributed by atoms with van der Waals surface area (Å²) in [4.78, 5) is 30.8. The zero-order chi connectivity index (χ0) is 31.5. The number of cyclic esters (lactones) is 1. The summed E-state index contributed by atoms with van der Waals surface area (Å²) in [6.07, 6.45) is 16.6. The number of phenolic OH excluding ortho intramolecular Hbond substituents is 1. The van der Waals surface area contributed by atoms with Crippen molar-refractivity contribution >= 4 is 11.9 Å². The molecule has 1 aliphatic rings. The number of amides is 1. The maximum Gasteiger partial charge on any atom is 0.342 e. The second kappa shape index (κ2) is 15.9. The molecule has 0 bridgehead atoms. The van der Waals surface area contributed by atoms with Crippen LogP contribution in [0.15, 0.2) is 71.1 Å². The Labute approximate surface area is 254 Å².